The van der Waals surface area contributed by atoms with Crippen LogP contribution in [-0.4, -0.2) is 24.6 Å². The lowest BCUT2D eigenvalue weighted by molar-refractivity contribution is 0.553. The maximum absolute atomic E-state index is 4.95. The summed E-state index contributed by atoms with van der Waals surface area (Å²) in [6.07, 6.45) is 5.10. The highest BCUT2D eigenvalue weighted by Crippen LogP contribution is 2.33. The second-order valence-corrected chi connectivity index (χ2v) is 7.69. The fraction of sp³-hybridized carbons (Fsp3) is 0.824. The summed E-state index contributed by atoms with van der Waals surface area (Å²) in [7, 11) is 0. The summed E-state index contributed by atoms with van der Waals surface area (Å²) in [6, 6.07) is 0. The smallest absolute Gasteiger partial charge is 0.185 e. The number of hydrogen-bond acceptors (Lipinski definition) is 4. The summed E-state index contributed by atoms with van der Waals surface area (Å²) in [4.78, 5) is 8.88. The Hall–Kier alpha value is -0.610. The van der Waals surface area contributed by atoms with Gasteiger partial charge < -0.3 is 10.2 Å². The monoisotopic (exact) mass is 309 g/mol. The van der Waals surface area contributed by atoms with Gasteiger partial charge in [0.25, 0.3) is 0 Å². The van der Waals surface area contributed by atoms with Gasteiger partial charge in [-0.15, -0.1) is 11.3 Å². The minimum Gasteiger partial charge on any atom is -0.348 e. The Labute approximate surface area is 134 Å². The quantitative estimate of drug-likeness (QED) is 0.706. The predicted octanol–water partition coefficient (Wildman–Crippen LogP) is 4.08. The SMILES string of the molecule is CCCc1nc(N(CC)CC2CC2)sc1CNCC(C)C. The molecule has 1 heterocycles. The van der Waals surface area contributed by atoms with E-state index in [1.54, 1.807) is 0 Å². The molecule has 21 heavy (non-hydrogen) atoms. The average Bonchev–Trinajstić information content (AvgIpc) is 3.18. The van der Waals surface area contributed by atoms with E-state index in [2.05, 4.69) is 37.9 Å². The van der Waals surface area contributed by atoms with Crippen LogP contribution in [0.5, 0.6) is 0 Å². The van der Waals surface area contributed by atoms with Crippen molar-refractivity contribution in [2.24, 2.45) is 11.8 Å². The van der Waals surface area contributed by atoms with Crippen LogP contribution in [0.3, 0.4) is 0 Å². The number of thiazole rings is 1. The molecule has 0 spiro atoms. The van der Waals surface area contributed by atoms with Crippen LogP contribution >= 0.6 is 11.3 Å². The molecule has 1 N–H and O–H groups in total. The van der Waals surface area contributed by atoms with Crippen LogP contribution < -0.4 is 10.2 Å². The first-order chi connectivity index (χ1) is 10.1. The lowest BCUT2D eigenvalue weighted by Gasteiger charge is -2.19. The highest BCUT2D eigenvalue weighted by atomic mass is 32.1. The second-order valence-electron chi connectivity index (χ2n) is 6.62. The summed E-state index contributed by atoms with van der Waals surface area (Å²) in [6.45, 7) is 13.3. The number of hydrogen-bond donors (Lipinski definition) is 1. The van der Waals surface area contributed by atoms with Crippen molar-refractivity contribution in [3.8, 4) is 0 Å². The van der Waals surface area contributed by atoms with E-state index in [-0.39, 0.29) is 0 Å². The largest absolute Gasteiger partial charge is 0.348 e. The molecule has 1 aliphatic carbocycles. The van der Waals surface area contributed by atoms with E-state index in [1.165, 1.54) is 41.5 Å². The molecule has 0 bridgehead atoms. The first-order valence-corrected chi connectivity index (χ1v) is 9.39. The Kier molecular flexibility index (Phi) is 6.49. The molecule has 1 aliphatic rings. The molecular weight excluding hydrogens is 278 g/mol. The van der Waals surface area contributed by atoms with Crippen LogP contribution in [0, 0.1) is 11.8 Å². The predicted molar refractivity (Wildman–Crippen MR) is 93.3 cm³/mol. The maximum atomic E-state index is 4.95. The summed E-state index contributed by atoms with van der Waals surface area (Å²) in [5, 5.41) is 4.82. The lowest BCUT2D eigenvalue weighted by Crippen LogP contribution is -2.24. The molecule has 4 heteroatoms. The molecule has 3 nitrogen and oxygen atoms in total. The van der Waals surface area contributed by atoms with Crippen molar-refractivity contribution in [3.63, 3.8) is 0 Å². The molecule has 1 fully saturated rings. The van der Waals surface area contributed by atoms with Crippen molar-refractivity contribution in [1.82, 2.24) is 10.3 Å². The molecule has 120 valence electrons. The van der Waals surface area contributed by atoms with Gasteiger partial charge in [-0.3, -0.25) is 0 Å². The van der Waals surface area contributed by atoms with E-state index in [0.29, 0.717) is 5.92 Å². The first kappa shape index (κ1) is 16.8. The van der Waals surface area contributed by atoms with Gasteiger partial charge in [0, 0.05) is 24.5 Å². The molecule has 1 aromatic rings. The number of nitrogens with one attached hydrogen (secondary N) is 1. The van der Waals surface area contributed by atoms with Crippen LogP contribution in [0.1, 0.15) is 57.5 Å². The van der Waals surface area contributed by atoms with Crippen molar-refractivity contribution in [2.75, 3.05) is 24.5 Å². The molecule has 2 rings (SSSR count). The first-order valence-electron chi connectivity index (χ1n) is 8.58. The van der Waals surface area contributed by atoms with Crippen LogP contribution in [0.4, 0.5) is 5.13 Å². The molecule has 0 saturated heterocycles. The number of aromatic nitrogens is 1. The molecule has 0 aliphatic heterocycles. The van der Waals surface area contributed by atoms with Gasteiger partial charge in [-0.05, 0) is 44.6 Å². The van der Waals surface area contributed by atoms with Crippen molar-refractivity contribution in [1.29, 1.82) is 0 Å². The Morgan fingerprint density at radius 1 is 1.33 bits per heavy atom. The highest BCUT2D eigenvalue weighted by molar-refractivity contribution is 7.15. The molecule has 1 saturated carbocycles. The molecule has 0 atom stereocenters. The molecule has 0 aromatic carbocycles. The standard InChI is InChI=1S/C17H31N3S/c1-5-7-15-16(11-18-10-13(3)4)21-17(19-15)20(6-2)12-14-8-9-14/h13-14,18H,5-12H2,1-4H3. The Morgan fingerprint density at radius 2 is 2.10 bits per heavy atom. The highest BCUT2D eigenvalue weighted by Gasteiger charge is 2.25. The van der Waals surface area contributed by atoms with Gasteiger partial charge in [-0.1, -0.05) is 27.2 Å². The van der Waals surface area contributed by atoms with Gasteiger partial charge in [-0.2, -0.15) is 0 Å². The Morgan fingerprint density at radius 3 is 2.67 bits per heavy atom. The Bertz CT molecular complexity index is 424. The third kappa shape index (κ3) is 5.26. The molecule has 0 radical (unpaired) electrons. The summed E-state index contributed by atoms with van der Waals surface area (Å²) in [5.41, 5.74) is 1.32. The second kappa shape index (κ2) is 8.14. The van der Waals surface area contributed by atoms with Crippen LogP contribution in [0.15, 0.2) is 0 Å². The van der Waals surface area contributed by atoms with Gasteiger partial charge >= 0.3 is 0 Å². The lowest BCUT2D eigenvalue weighted by atomic mass is 10.2. The van der Waals surface area contributed by atoms with Gasteiger partial charge in [0.15, 0.2) is 5.13 Å². The van der Waals surface area contributed by atoms with Gasteiger partial charge in [-0.25, -0.2) is 4.98 Å². The summed E-state index contributed by atoms with van der Waals surface area (Å²) >= 11 is 1.91. The van der Waals surface area contributed by atoms with Crippen molar-refractivity contribution in [3.05, 3.63) is 10.6 Å². The third-order valence-electron chi connectivity index (χ3n) is 3.92. The fourth-order valence-electron chi connectivity index (χ4n) is 2.50. The molecule has 1 aromatic heterocycles. The van der Waals surface area contributed by atoms with Gasteiger partial charge in [0.1, 0.15) is 0 Å². The number of anilines is 1. The van der Waals surface area contributed by atoms with Crippen LogP contribution in [0.2, 0.25) is 0 Å². The normalized spacial score (nSPS) is 14.9. The van der Waals surface area contributed by atoms with Crippen LogP contribution in [0.25, 0.3) is 0 Å². The zero-order chi connectivity index (χ0) is 15.2. The van der Waals surface area contributed by atoms with Crippen molar-refractivity contribution < 1.29 is 0 Å². The minimum atomic E-state index is 0.703. The summed E-state index contributed by atoms with van der Waals surface area (Å²) in [5.74, 6) is 1.63. The van der Waals surface area contributed by atoms with E-state index in [4.69, 9.17) is 4.98 Å². The van der Waals surface area contributed by atoms with E-state index in [0.717, 1.165) is 32.0 Å². The average molecular weight is 310 g/mol. The fourth-order valence-corrected chi connectivity index (χ4v) is 3.65. The zero-order valence-corrected chi connectivity index (χ0v) is 14.9. The molecule has 0 unspecified atom stereocenters. The van der Waals surface area contributed by atoms with E-state index in [1.807, 2.05) is 11.3 Å². The van der Waals surface area contributed by atoms with Gasteiger partial charge in [0.05, 0.1) is 5.69 Å². The van der Waals surface area contributed by atoms with Crippen LogP contribution in [-0.2, 0) is 13.0 Å². The minimum absolute atomic E-state index is 0.703. The van der Waals surface area contributed by atoms with E-state index < -0.39 is 0 Å². The molecular formula is C17H31N3S. The van der Waals surface area contributed by atoms with Crippen molar-refractivity contribution >= 4 is 16.5 Å². The van der Waals surface area contributed by atoms with Gasteiger partial charge in [0.2, 0.25) is 0 Å². The topological polar surface area (TPSA) is 28.2 Å². The number of aryl methyl sites for hydroxylation is 1. The van der Waals surface area contributed by atoms with Crippen molar-refractivity contribution in [2.45, 2.75) is 59.9 Å². The third-order valence-corrected chi connectivity index (χ3v) is 5.08. The zero-order valence-electron chi connectivity index (χ0n) is 14.1. The van der Waals surface area contributed by atoms with E-state index in [9.17, 15) is 0 Å². The Balaban J connectivity index is 2.02. The van der Waals surface area contributed by atoms with E-state index >= 15 is 0 Å². The number of rotatable bonds is 10. The number of nitrogens with zero attached hydrogens (tertiary/aromatic N) is 2. The summed E-state index contributed by atoms with van der Waals surface area (Å²) < 4.78 is 0. The molecule has 0 amide bonds. The maximum Gasteiger partial charge on any atom is 0.185 e.